The summed E-state index contributed by atoms with van der Waals surface area (Å²) < 4.78 is 0. The Labute approximate surface area is 149 Å². The molecule has 3 heterocycles. The van der Waals surface area contributed by atoms with Crippen molar-refractivity contribution in [2.45, 2.75) is 0 Å². The number of hydrazine groups is 1. The first-order valence-electron chi connectivity index (χ1n) is 7.61. The number of nitrogens with zero attached hydrogens (tertiary/aromatic N) is 6. The van der Waals surface area contributed by atoms with Gasteiger partial charge in [-0.3, -0.25) is 15.5 Å². The van der Waals surface area contributed by atoms with Gasteiger partial charge in [0.15, 0.2) is 5.15 Å². The molecular formula is C14H17ClN8O2. The van der Waals surface area contributed by atoms with Crippen LogP contribution in [0.4, 0.5) is 23.0 Å². The van der Waals surface area contributed by atoms with Crippen molar-refractivity contribution >= 4 is 34.6 Å². The molecule has 2 aromatic heterocycles. The number of nitrogens with one attached hydrogen (secondary N) is 2. The minimum Gasteiger partial charge on any atom is -0.332 e. The lowest BCUT2D eigenvalue weighted by Crippen LogP contribution is -2.47. The smallest absolute Gasteiger partial charge is 0.332 e. The molecular weight excluding hydrogens is 348 g/mol. The number of likely N-dealkylation sites (N-methyl/N-ethyl adjacent to an activating group) is 1. The first-order valence-corrected chi connectivity index (χ1v) is 7.99. The second kappa shape index (κ2) is 7.55. The number of piperazine rings is 1. The normalized spacial score (nSPS) is 15.8. The summed E-state index contributed by atoms with van der Waals surface area (Å²) in [5.41, 5.74) is 3.20. The first-order chi connectivity index (χ1) is 12.0. The zero-order chi connectivity index (χ0) is 17.8. The lowest BCUT2D eigenvalue weighted by Gasteiger charge is -2.32. The van der Waals surface area contributed by atoms with Gasteiger partial charge in [0.1, 0.15) is 6.33 Å². The summed E-state index contributed by atoms with van der Waals surface area (Å²) in [6, 6.07) is 3.33. The van der Waals surface area contributed by atoms with E-state index in [1.807, 2.05) is 12.1 Å². The van der Waals surface area contributed by atoms with Gasteiger partial charge in [0.25, 0.3) is 0 Å². The largest absolute Gasteiger partial charge is 0.354 e. The maximum absolute atomic E-state index is 11.6. The number of aromatic nitrogens is 3. The van der Waals surface area contributed by atoms with Crippen LogP contribution < -0.4 is 10.7 Å². The number of rotatable bonds is 5. The fraction of sp³-hybridized carbons (Fsp3) is 0.357. The lowest BCUT2D eigenvalue weighted by atomic mass is 10.3. The Balaban J connectivity index is 1.87. The summed E-state index contributed by atoms with van der Waals surface area (Å²) in [6.45, 7) is 3.19. The molecule has 0 bridgehead atoms. The van der Waals surface area contributed by atoms with E-state index < -0.39 is 4.92 Å². The van der Waals surface area contributed by atoms with Crippen LogP contribution in [0.1, 0.15) is 0 Å². The predicted molar refractivity (Wildman–Crippen MR) is 93.9 cm³/mol. The van der Waals surface area contributed by atoms with E-state index in [2.05, 4.69) is 30.6 Å². The van der Waals surface area contributed by atoms with Crippen molar-refractivity contribution in [2.24, 2.45) is 0 Å². The molecule has 3 rings (SSSR count). The van der Waals surface area contributed by atoms with Crippen LogP contribution in [0.3, 0.4) is 0 Å². The van der Waals surface area contributed by atoms with Gasteiger partial charge in [-0.05, 0) is 19.2 Å². The van der Waals surface area contributed by atoms with Gasteiger partial charge in [0.2, 0.25) is 11.6 Å². The molecule has 2 aromatic rings. The fourth-order valence-corrected chi connectivity index (χ4v) is 2.57. The van der Waals surface area contributed by atoms with Crippen LogP contribution in [0.2, 0.25) is 5.15 Å². The van der Waals surface area contributed by atoms with E-state index in [1.165, 1.54) is 12.5 Å². The Bertz CT molecular complexity index is 766. The molecule has 0 spiro atoms. The molecule has 0 aromatic carbocycles. The Hall–Kier alpha value is -2.56. The molecule has 0 unspecified atom stereocenters. The van der Waals surface area contributed by atoms with Crippen molar-refractivity contribution in [1.82, 2.24) is 24.9 Å². The molecule has 1 fully saturated rings. The molecule has 0 radical (unpaired) electrons. The average Bonchev–Trinajstić information content (AvgIpc) is 2.59. The molecule has 25 heavy (non-hydrogen) atoms. The van der Waals surface area contributed by atoms with E-state index in [1.54, 1.807) is 12.1 Å². The first kappa shape index (κ1) is 17.3. The van der Waals surface area contributed by atoms with E-state index in [0.717, 1.165) is 26.2 Å². The highest BCUT2D eigenvalue weighted by molar-refractivity contribution is 6.32. The van der Waals surface area contributed by atoms with Crippen LogP contribution in [0.15, 0.2) is 24.7 Å². The number of nitro groups is 1. The fourth-order valence-electron chi connectivity index (χ4n) is 2.40. The van der Waals surface area contributed by atoms with Gasteiger partial charge in [0.05, 0.1) is 10.6 Å². The predicted octanol–water partition coefficient (Wildman–Crippen LogP) is 1.75. The molecule has 132 valence electrons. The molecule has 0 amide bonds. The van der Waals surface area contributed by atoms with Crippen molar-refractivity contribution in [3.05, 3.63) is 39.9 Å². The number of anilines is 3. The average molecular weight is 365 g/mol. The highest BCUT2D eigenvalue weighted by atomic mass is 35.5. The number of halogens is 1. The molecule has 0 atom stereocenters. The van der Waals surface area contributed by atoms with E-state index >= 15 is 0 Å². The summed E-state index contributed by atoms with van der Waals surface area (Å²) >= 11 is 6.00. The van der Waals surface area contributed by atoms with Crippen molar-refractivity contribution < 1.29 is 4.92 Å². The molecule has 1 aliphatic rings. The molecule has 10 nitrogen and oxygen atoms in total. The van der Waals surface area contributed by atoms with Crippen molar-refractivity contribution in [3.63, 3.8) is 0 Å². The van der Waals surface area contributed by atoms with Gasteiger partial charge >= 0.3 is 5.69 Å². The molecule has 1 saturated heterocycles. The van der Waals surface area contributed by atoms with Gasteiger partial charge in [-0.1, -0.05) is 11.6 Å². The minimum atomic E-state index is -0.523. The van der Waals surface area contributed by atoms with Crippen LogP contribution in [0.25, 0.3) is 0 Å². The summed E-state index contributed by atoms with van der Waals surface area (Å²) in [5.74, 6) is 0.179. The van der Waals surface area contributed by atoms with Crippen LogP contribution in [-0.2, 0) is 0 Å². The van der Waals surface area contributed by atoms with Crippen LogP contribution in [0.5, 0.6) is 0 Å². The second-order valence-corrected chi connectivity index (χ2v) is 5.90. The molecule has 0 saturated carbocycles. The second-order valence-electron chi connectivity index (χ2n) is 5.55. The molecule has 2 N–H and O–H groups in total. The quantitative estimate of drug-likeness (QED) is 0.465. The lowest BCUT2D eigenvalue weighted by molar-refractivity contribution is -0.383. The molecule has 0 aliphatic carbocycles. The summed E-state index contributed by atoms with van der Waals surface area (Å²) in [5, 5.41) is 16.5. The highest BCUT2D eigenvalue weighted by Gasteiger charge is 2.26. The van der Waals surface area contributed by atoms with E-state index in [4.69, 9.17) is 11.6 Å². The van der Waals surface area contributed by atoms with Gasteiger partial charge in [-0.15, -0.1) is 0 Å². The third-order valence-corrected chi connectivity index (χ3v) is 4.09. The van der Waals surface area contributed by atoms with E-state index in [-0.39, 0.29) is 22.5 Å². The number of hydrogen-bond acceptors (Lipinski definition) is 9. The van der Waals surface area contributed by atoms with E-state index in [9.17, 15) is 10.1 Å². The molecule has 11 heteroatoms. The van der Waals surface area contributed by atoms with Crippen molar-refractivity contribution in [2.75, 3.05) is 44.0 Å². The van der Waals surface area contributed by atoms with Gasteiger partial charge in [-0.2, -0.15) is 0 Å². The number of hydrogen-bond donors (Lipinski definition) is 2. The minimum absolute atomic E-state index is 0.0477. The van der Waals surface area contributed by atoms with Crippen LogP contribution in [-0.4, -0.2) is 63.0 Å². The van der Waals surface area contributed by atoms with E-state index in [0.29, 0.717) is 5.69 Å². The van der Waals surface area contributed by atoms with Crippen LogP contribution >= 0.6 is 11.6 Å². The Morgan fingerprint density at radius 2 is 1.92 bits per heavy atom. The maximum atomic E-state index is 11.6. The van der Waals surface area contributed by atoms with Gasteiger partial charge in [-0.25, -0.2) is 20.0 Å². The third-order valence-electron chi connectivity index (χ3n) is 3.78. The van der Waals surface area contributed by atoms with Crippen LogP contribution in [0, 0.1) is 10.1 Å². The zero-order valence-corrected chi connectivity index (χ0v) is 14.3. The zero-order valence-electron chi connectivity index (χ0n) is 13.5. The Morgan fingerprint density at radius 1 is 1.20 bits per heavy atom. The Kier molecular flexibility index (Phi) is 5.22. The third kappa shape index (κ3) is 4.10. The van der Waals surface area contributed by atoms with Crippen molar-refractivity contribution in [1.29, 1.82) is 0 Å². The standard InChI is InChI=1S/C14H17ClN8O2/c1-21-5-7-22(8-6-21)20-14-11(23(24)25)13(17-9-18-14)19-10-3-2-4-16-12(10)15/h2-4,9H,5-8H2,1H3,(H2,17,18,19,20). The summed E-state index contributed by atoms with van der Waals surface area (Å²) in [7, 11) is 2.03. The summed E-state index contributed by atoms with van der Waals surface area (Å²) in [4.78, 5) is 25.2. The Morgan fingerprint density at radius 3 is 2.60 bits per heavy atom. The highest BCUT2D eigenvalue weighted by Crippen LogP contribution is 2.32. The van der Waals surface area contributed by atoms with Crippen molar-refractivity contribution in [3.8, 4) is 0 Å². The number of pyridine rings is 1. The molecule has 1 aliphatic heterocycles. The van der Waals surface area contributed by atoms with Gasteiger partial charge in [0, 0.05) is 32.4 Å². The topological polar surface area (TPSA) is 112 Å². The maximum Gasteiger partial charge on any atom is 0.354 e. The monoisotopic (exact) mass is 364 g/mol. The SMILES string of the molecule is CN1CCN(Nc2ncnc(Nc3cccnc3Cl)c2[N+](=O)[O-])CC1. The summed E-state index contributed by atoms with van der Waals surface area (Å²) in [6.07, 6.45) is 2.79. The van der Waals surface area contributed by atoms with Gasteiger partial charge < -0.3 is 10.2 Å².